The highest BCUT2D eigenvalue weighted by molar-refractivity contribution is 5.58. The Kier molecular flexibility index (Phi) is 20.7. The molecule has 2 heteroatoms. The van der Waals surface area contributed by atoms with Gasteiger partial charge in [0.15, 0.2) is 0 Å². The molecule has 0 aromatic heterocycles. The molecule has 2 nitrogen and oxygen atoms in total. The highest BCUT2D eigenvalue weighted by atomic mass is 16.1. The molecule has 0 bridgehead atoms. The second-order valence-electron chi connectivity index (χ2n) is 6.83. The molecule has 0 aliphatic heterocycles. The molecule has 0 spiro atoms. The lowest BCUT2D eigenvalue weighted by molar-refractivity contribution is -0.117. The van der Waals surface area contributed by atoms with Gasteiger partial charge in [0.2, 0.25) is 0 Å². The first-order valence-electron chi connectivity index (χ1n) is 10.00. The van der Waals surface area contributed by atoms with Crippen LogP contribution in [0.2, 0.25) is 0 Å². The molecule has 0 aromatic rings. The third-order valence-corrected chi connectivity index (χ3v) is 5.19. The SMILES string of the molecule is C=O.CCCCCCCCCCCCCCC(C=O)(CC)CC. The Bertz CT molecular complexity index is 234. The van der Waals surface area contributed by atoms with Crippen LogP contribution in [0.3, 0.4) is 0 Å². The number of unbranched alkanes of at least 4 members (excludes halogenated alkanes) is 11. The van der Waals surface area contributed by atoms with Crippen molar-refractivity contribution in [3.8, 4) is 0 Å². The standard InChI is InChI=1S/C20H40O.CH2O/c1-4-7-8-9-10-11-12-13-14-15-16-17-18-20(5-2,6-3)19-21;1-2/h19H,4-18H2,1-3H3;1H2. The molecule has 0 aromatic carbocycles. The van der Waals surface area contributed by atoms with Gasteiger partial charge in [-0.3, -0.25) is 0 Å². The zero-order chi connectivity index (χ0) is 17.8. The minimum absolute atomic E-state index is 0.0154. The summed E-state index contributed by atoms with van der Waals surface area (Å²) in [5.74, 6) is 0. The average molecular weight is 327 g/mol. The van der Waals surface area contributed by atoms with E-state index >= 15 is 0 Å². The maximum absolute atomic E-state index is 11.2. The van der Waals surface area contributed by atoms with Crippen molar-refractivity contribution in [1.82, 2.24) is 0 Å². The highest BCUT2D eigenvalue weighted by Crippen LogP contribution is 2.30. The van der Waals surface area contributed by atoms with Gasteiger partial charge in [-0.2, -0.15) is 0 Å². The maximum Gasteiger partial charge on any atom is 0.126 e. The predicted molar refractivity (Wildman–Crippen MR) is 102 cm³/mol. The van der Waals surface area contributed by atoms with Crippen molar-refractivity contribution in [2.24, 2.45) is 5.41 Å². The van der Waals surface area contributed by atoms with Crippen LogP contribution in [-0.4, -0.2) is 13.1 Å². The third-order valence-electron chi connectivity index (χ3n) is 5.19. The molecule has 0 aliphatic rings. The number of carbonyl (C=O) groups is 2. The van der Waals surface area contributed by atoms with Crippen molar-refractivity contribution >= 4 is 13.1 Å². The molecule has 0 heterocycles. The summed E-state index contributed by atoms with van der Waals surface area (Å²) in [5.41, 5.74) is -0.0154. The van der Waals surface area contributed by atoms with Gasteiger partial charge in [-0.25, -0.2) is 0 Å². The second-order valence-corrected chi connectivity index (χ2v) is 6.83. The van der Waals surface area contributed by atoms with Crippen LogP contribution in [0.4, 0.5) is 0 Å². The van der Waals surface area contributed by atoms with E-state index in [-0.39, 0.29) is 5.41 Å². The molecule has 23 heavy (non-hydrogen) atoms. The molecule has 0 saturated carbocycles. The van der Waals surface area contributed by atoms with Crippen LogP contribution in [0, 0.1) is 5.41 Å². The summed E-state index contributed by atoms with van der Waals surface area (Å²) < 4.78 is 0. The molecule has 0 radical (unpaired) electrons. The fourth-order valence-electron chi connectivity index (χ4n) is 3.15. The molecule has 0 fully saturated rings. The van der Waals surface area contributed by atoms with Crippen molar-refractivity contribution in [3.05, 3.63) is 0 Å². The smallest absolute Gasteiger partial charge is 0.126 e. The van der Waals surface area contributed by atoms with Gasteiger partial charge in [0.25, 0.3) is 0 Å². The Hall–Kier alpha value is -0.660. The van der Waals surface area contributed by atoms with Crippen LogP contribution in [0.25, 0.3) is 0 Å². The number of hydrogen-bond donors (Lipinski definition) is 0. The average Bonchev–Trinajstić information content (AvgIpc) is 2.61. The summed E-state index contributed by atoms with van der Waals surface area (Å²) in [6.45, 7) is 8.58. The minimum Gasteiger partial charge on any atom is -0.307 e. The molecule has 138 valence electrons. The summed E-state index contributed by atoms with van der Waals surface area (Å²) >= 11 is 0. The quantitative estimate of drug-likeness (QED) is 0.228. The van der Waals surface area contributed by atoms with E-state index in [1.165, 1.54) is 83.3 Å². The Morgan fingerprint density at radius 2 is 1.00 bits per heavy atom. The van der Waals surface area contributed by atoms with Gasteiger partial charge < -0.3 is 9.59 Å². The molecule has 0 atom stereocenters. The van der Waals surface area contributed by atoms with E-state index in [1.807, 2.05) is 6.79 Å². The Morgan fingerprint density at radius 1 is 0.652 bits per heavy atom. The molecule has 0 saturated heterocycles. The lowest BCUT2D eigenvalue weighted by atomic mass is 9.79. The summed E-state index contributed by atoms with van der Waals surface area (Å²) in [6.07, 6.45) is 21.0. The normalized spacial score (nSPS) is 10.9. The first-order valence-corrected chi connectivity index (χ1v) is 10.00. The Labute approximate surface area is 145 Å². The van der Waals surface area contributed by atoms with E-state index < -0.39 is 0 Å². The van der Waals surface area contributed by atoms with Gasteiger partial charge in [0.1, 0.15) is 13.1 Å². The van der Waals surface area contributed by atoms with E-state index in [2.05, 4.69) is 20.8 Å². The van der Waals surface area contributed by atoms with Gasteiger partial charge in [0, 0.05) is 5.41 Å². The van der Waals surface area contributed by atoms with Crippen molar-refractivity contribution in [2.75, 3.05) is 0 Å². The van der Waals surface area contributed by atoms with Crippen molar-refractivity contribution < 1.29 is 9.59 Å². The van der Waals surface area contributed by atoms with Gasteiger partial charge in [-0.15, -0.1) is 0 Å². The van der Waals surface area contributed by atoms with Gasteiger partial charge in [-0.1, -0.05) is 97.8 Å². The molecule has 0 aliphatic carbocycles. The maximum atomic E-state index is 11.2. The van der Waals surface area contributed by atoms with Crippen LogP contribution < -0.4 is 0 Å². The summed E-state index contributed by atoms with van der Waals surface area (Å²) in [6, 6.07) is 0. The zero-order valence-corrected chi connectivity index (χ0v) is 16.2. The van der Waals surface area contributed by atoms with Crippen LogP contribution in [-0.2, 0) is 9.59 Å². The fourth-order valence-corrected chi connectivity index (χ4v) is 3.15. The topological polar surface area (TPSA) is 34.1 Å². The molecule has 0 amide bonds. The van der Waals surface area contributed by atoms with Gasteiger partial charge >= 0.3 is 0 Å². The lowest BCUT2D eigenvalue weighted by Gasteiger charge is -2.24. The second kappa shape index (κ2) is 19.4. The third kappa shape index (κ3) is 14.7. The van der Waals surface area contributed by atoms with E-state index in [0.29, 0.717) is 0 Å². The summed E-state index contributed by atoms with van der Waals surface area (Å²) in [4.78, 5) is 19.2. The number of aldehydes is 1. The molecular formula is C21H42O2. The van der Waals surface area contributed by atoms with Gasteiger partial charge in [-0.05, 0) is 19.3 Å². The monoisotopic (exact) mass is 326 g/mol. The molecular weight excluding hydrogens is 284 g/mol. The first kappa shape index (κ1) is 24.6. The van der Waals surface area contributed by atoms with E-state index in [1.54, 1.807) is 0 Å². The Morgan fingerprint density at radius 3 is 1.30 bits per heavy atom. The van der Waals surface area contributed by atoms with Crippen LogP contribution in [0.1, 0.15) is 117 Å². The van der Waals surface area contributed by atoms with Crippen LogP contribution in [0.5, 0.6) is 0 Å². The number of hydrogen-bond acceptors (Lipinski definition) is 2. The minimum atomic E-state index is -0.0154. The van der Waals surface area contributed by atoms with E-state index in [4.69, 9.17) is 4.79 Å². The molecule has 0 N–H and O–H groups in total. The van der Waals surface area contributed by atoms with Crippen LogP contribution in [0.15, 0.2) is 0 Å². The van der Waals surface area contributed by atoms with Crippen molar-refractivity contribution in [3.63, 3.8) is 0 Å². The highest BCUT2D eigenvalue weighted by Gasteiger charge is 2.24. The zero-order valence-electron chi connectivity index (χ0n) is 16.2. The lowest BCUT2D eigenvalue weighted by Crippen LogP contribution is -2.20. The first-order chi connectivity index (χ1) is 11.2. The summed E-state index contributed by atoms with van der Waals surface area (Å²) in [7, 11) is 0. The predicted octanol–water partition coefficient (Wildman–Crippen LogP) is 6.90. The van der Waals surface area contributed by atoms with Gasteiger partial charge in [0.05, 0.1) is 0 Å². The summed E-state index contributed by atoms with van der Waals surface area (Å²) in [5, 5.41) is 0. The Balaban J connectivity index is 0. The largest absolute Gasteiger partial charge is 0.307 e. The molecule has 0 rings (SSSR count). The fraction of sp³-hybridized carbons (Fsp3) is 0.905. The van der Waals surface area contributed by atoms with E-state index in [0.717, 1.165) is 19.3 Å². The van der Waals surface area contributed by atoms with Crippen molar-refractivity contribution in [1.29, 1.82) is 0 Å². The van der Waals surface area contributed by atoms with E-state index in [9.17, 15) is 4.79 Å². The molecule has 0 unspecified atom stereocenters. The number of carbonyl (C=O) groups excluding carboxylic acids is 2. The van der Waals surface area contributed by atoms with Crippen molar-refractivity contribution in [2.45, 2.75) is 117 Å². The number of rotatable bonds is 16. The van der Waals surface area contributed by atoms with Crippen LogP contribution >= 0.6 is 0 Å².